The molecule has 3 nitrogen and oxygen atoms in total. The predicted molar refractivity (Wildman–Crippen MR) is 76.3 cm³/mol. The van der Waals surface area contributed by atoms with Crippen molar-refractivity contribution in [3.63, 3.8) is 0 Å². The molecule has 0 aromatic heterocycles. The van der Waals surface area contributed by atoms with Gasteiger partial charge in [0, 0.05) is 0 Å². The lowest BCUT2D eigenvalue weighted by Gasteiger charge is -2.10. The van der Waals surface area contributed by atoms with Crippen molar-refractivity contribution >= 4 is 6.08 Å². The highest BCUT2D eigenvalue weighted by Gasteiger charge is 2.10. The zero-order chi connectivity index (χ0) is 15.9. The first-order valence-electron chi connectivity index (χ1n) is 6.32. The van der Waals surface area contributed by atoms with Crippen LogP contribution in [0.5, 0.6) is 5.75 Å². The Morgan fingerprint density at radius 3 is 2.27 bits per heavy atom. The summed E-state index contributed by atoms with van der Waals surface area (Å²) < 4.78 is 32.2. The summed E-state index contributed by atoms with van der Waals surface area (Å²) in [4.78, 5) is 0. The summed E-state index contributed by atoms with van der Waals surface area (Å²) in [6, 6.07) is 13.8. The van der Waals surface area contributed by atoms with Gasteiger partial charge in [-0.2, -0.15) is 10.5 Å². The van der Waals surface area contributed by atoms with Crippen molar-refractivity contribution in [2.45, 2.75) is 6.61 Å². The number of allylic oxidation sites excluding steroid dienone is 1. The molecule has 0 radical (unpaired) electrons. The SMILES string of the molecule is N#CC(C#N)=Cc1ccccc1COc1c(F)cccc1F. The van der Waals surface area contributed by atoms with Gasteiger partial charge in [-0.3, -0.25) is 0 Å². The summed E-state index contributed by atoms with van der Waals surface area (Å²) in [5, 5.41) is 17.6. The number of rotatable bonds is 4. The number of halogens is 2. The Balaban J connectivity index is 2.27. The third kappa shape index (κ3) is 3.47. The van der Waals surface area contributed by atoms with Gasteiger partial charge in [0.2, 0.25) is 0 Å². The molecule has 5 heteroatoms. The third-order valence-corrected chi connectivity index (χ3v) is 2.89. The first-order chi connectivity index (χ1) is 10.7. The number of nitriles is 2. The van der Waals surface area contributed by atoms with E-state index >= 15 is 0 Å². The van der Waals surface area contributed by atoms with Gasteiger partial charge in [0.1, 0.15) is 24.3 Å². The second kappa shape index (κ2) is 7.01. The van der Waals surface area contributed by atoms with E-state index in [0.29, 0.717) is 11.1 Å². The smallest absolute Gasteiger partial charge is 0.191 e. The topological polar surface area (TPSA) is 56.8 Å². The Hall–Kier alpha value is -3.18. The van der Waals surface area contributed by atoms with Crippen LogP contribution < -0.4 is 4.74 Å². The van der Waals surface area contributed by atoms with E-state index in [4.69, 9.17) is 15.3 Å². The van der Waals surface area contributed by atoms with E-state index in [1.54, 1.807) is 36.4 Å². The first kappa shape index (κ1) is 15.2. The van der Waals surface area contributed by atoms with Crippen LogP contribution >= 0.6 is 0 Å². The van der Waals surface area contributed by atoms with E-state index in [0.717, 1.165) is 12.1 Å². The van der Waals surface area contributed by atoms with Gasteiger partial charge >= 0.3 is 0 Å². The molecule has 2 aromatic rings. The molecule has 0 aliphatic carbocycles. The van der Waals surface area contributed by atoms with Gasteiger partial charge in [-0.05, 0) is 29.3 Å². The van der Waals surface area contributed by atoms with Crippen LogP contribution in [0.2, 0.25) is 0 Å². The molecule has 0 N–H and O–H groups in total. The predicted octanol–water partition coefficient (Wildman–Crippen LogP) is 3.97. The molecule has 2 aromatic carbocycles. The van der Waals surface area contributed by atoms with E-state index in [9.17, 15) is 8.78 Å². The van der Waals surface area contributed by atoms with E-state index in [-0.39, 0.29) is 12.2 Å². The lowest BCUT2D eigenvalue weighted by Crippen LogP contribution is -2.01. The van der Waals surface area contributed by atoms with Gasteiger partial charge in [-0.1, -0.05) is 30.3 Å². The van der Waals surface area contributed by atoms with Crippen LogP contribution in [0.25, 0.3) is 6.08 Å². The lowest BCUT2D eigenvalue weighted by molar-refractivity contribution is 0.274. The largest absolute Gasteiger partial charge is 0.483 e. The van der Waals surface area contributed by atoms with Crippen molar-refractivity contribution in [1.82, 2.24) is 0 Å². The van der Waals surface area contributed by atoms with Crippen LogP contribution in [0.1, 0.15) is 11.1 Å². The van der Waals surface area contributed by atoms with E-state index in [2.05, 4.69) is 0 Å². The van der Waals surface area contributed by atoms with Crippen molar-refractivity contribution in [2.24, 2.45) is 0 Å². The zero-order valence-corrected chi connectivity index (χ0v) is 11.4. The zero-order valence-electron chi connectivity index (χ0n) is 11.4. The highest BCUT2D eigenvalue weighted by Crippen LogP contribution is 2.23. The maximum Gasteiger partial charge on any atom is 0.191 e. The molecule has 0 aliphatic heterocycles. The minimum Gasteiger partial charge on any atom is -0.483 e. The standard InChI is InChI=1S/C17H10F2N2O/c18-15-6-3-7-16(19)17(15)22-11-14-5-2-1-4-13(14)8-12(9-20)10-21/h1-8H,11H2. The fraction of sp³-hybridized carbons (Fsp3) is 0.0588. The van der Waals surface area contributed by atoms with Gasteiger partial charge < -0.3 is 4.74 Å². The summed E-state index contributed by atoms with van der Waals surface area (Å²) in [7, 11) is 0. The van der Waals surface area contributed by atoms with E-state index in [1.165, 1.54) is 12.1 Å². The Morgan fingerprint density at radius 2 is 1.64 bits per heavy atom. The quantitative estimate of drug-likeness (QED) is 0.802. The molecular weight excluding hydrogens is 286 g/mol. The Labute approximate surface area is 126 Å². The van der Waals surface area contributed by atoms with Crippen LogP contribution in [0.4, 0.5) is 8.78 Å². The third-order valence-electron chi connectivity index (χ3n) is 2.89. The average molecular weight is 296 g/mol. The molecule has 0 aliphatic rings. The van der Waals surface area contributed by atoms with Crippen LogP contribution in [0, 0.1) is 34.3 Å². The molecule has 0 spiro atoms. The summed E-state index contributed by atoms with van der Waals surface area (Å²) in [5.74, 6) is -2.03. The summed E-state index contributed by atoms with van der Waals surface area (Å²) in [6.45, 7) is -0.0886. The molecular formula is C17H10F2N2O. The lowest BCUT2D eigenvalue weighted by atomic mass is 10.1. The van der Waals surface area contributed by atoms with E-state index < -0.39 is 17.4 Å². The summed E-state index contributed by atoms with van der Waals surface area (Å²) >= 11 is 0. The molecule has 0 fully saturated rings. The van der Waals surface area contributed by atoms with Gasteiger partial charge in [-0.15, -0.1) is 0 Å². The molecule has 0 unspecified atom stereocenters. The highest BCUT2D eigenvalue weighted by molar-refractivity contribution is 5.64. The number of hydrogen-bond acceptors (Lipinski definition) is 3. The summed E-state index contributed by atoms with van der Waals surface area (Å²) in [5.41, 5.74) is 1.12. The Morgan fingerprint density at radius 1 is 1.00 bits per heavy atom. The first-order valence-corrected chi connectivity index (χ1v) is 6.32. The Kier molecular flexibility index (Phi) is 4.85. The van der Waals surface area contributed by atoms with Gasteiger partial charge in [0.05, 0.1) is 0 Å². The number of ether oxygens (including phenoxy) is 1. The normalized spacial score (nSPS) is 9.45. The number of benzene rings is 2. The molecule has 108 valence electrons. The van der Waals surface area contributed by atoms with E-state index in [1.807, 2.05) is 0 Å². The van der Waals surface area contributed by atoms with Gasteiger partial charge in [0.15, 0.2) is 17.4 Å². The number of para-hydroxylation sites is 1. The molecule has 0 heterocycles. The monoisotopic (exact) mass is 296 g/mol. The number of hydrogen-bond donors (Lipinski definition) is 0. The van der Waals surface area contributed by atoms with Crippen molar-refractivity contribution in [1.29, 1.82) is 10.5 Å². The molecule has 0 saturated heterocycles. The second-order valence-electron chi connectivity index (χ2n) is 4.32. The maximum atomic E-state index is 13.5. The minimum absolute atomic E-state index is 0.0653. The fourth-order valence-corrected chi connectivity index (χ4v) is 1.82. The minimum atomic E-state index is -0.789. The summed E-state index contributed by atoms with van der Waals surface area (Å²) in [6.07, 6.45) is 1.40. The molecule has 0 bridgehead atoms. The van der Waals surface area contributed by atoms with Crippen LogP contribution in [-0.4, -0.2) is 0 Å². The van der Waals surface area contributed by atoms with Crippen LogP contribution in [0.15, 0.2) is 48.0 Å². The van der Waals surface area contributed by atoms with Crippen molar-refractivity contribution < 1.29 is 13.5 Å². The van der Waals surface area contributed by atoms with Crippen molar-refractivity contribution in [3.8, 4) is 17.9 Å². The van der Waals surface area contributed by atoms with Crippen molar-refractivity contribution in [3.05, 3.63) is 70.8 Å². The molecule has 0 saturated carbocycles. The molecule has 22 heavy (non-hydrogen) atoms. The van der Waals surface area contributed by atoms with Gasteiger partial charge in [-0.25, -0.2) is 8.78 Å². The fourth-order valence-electron chi connectivity index (χ4n) is 1.82. The molecule has 0 atom stereocenters. The Bertz CT molecular complexity index is 765. The highest BCUT2D eigenvalue weighted by atomic mass is 19.1. The molecule has 2 rings (SSSR count). The van der Waals surface area contributed by atoms with Crippen molar-refractivity contribution in [2.75, 3.05) is 0 Å². The maximum absolute atomic E-state index is 13.5. The average Bonchev–Trinajstić information content (AvgIpc) is 2.53. The molecule has 0 amide bonds. The second-order valence-corrected chi connectivity index (χ2v) is 4.32. The number of nitrogens with zero attached hydrogens (tertiary/aromatic N) is 2. The van der Waals surface area contributed by atoms with Gasteiger partial charge in [0.25, 0.3) is 0 Å². The van der Waals surface area contributed by atoms with Crippen LogP contribution in [-0.2, 0) is 6.61 Å². The van der Waals surface area contributed by atoms with Crippen LogP contribution in [0.3, 0.4) is 0 Å².